The Bertz CT molecular complexity index is 608. The van der Waals surface area contributed by atoms with Gasteiger partial charge in [0.1, 0.15) is 0 Å². The van der Waals surface area contributed by atoms with Gasteiger partial charge in [-0.25, -0.2) is 0 Å². The zero-order valence-electron chi connectivity index (χ0n) is 12.3. The molecule has 0 aliphatic rings. The fourth-order valence-corrected chi connectivity index (χ4v) is 17.1. The summed E-state index contributed by atoms with van der Waals surface area (Å²) in [5, 5.41) is 0. The minimum Gasteiger partial charge on any atom is -0.141 e. The Morgan fingerprint density at radius 2 is 0.957 bits per heavy atom. The van der Waals surface area contributed by atoms with Gasteiger partial charge in [0.15, 0.2) is 0 Å². The minimum absolute atomic E-state index is 0.443. The Balaban J connectivity index is 2.03. The molecule has 0 saturated carbocycles. The van der Waals surface area contributed by atoms with Crippen molar-refractivity contribution in [1.29, 1.82) is 0 Å². The van der Waals surface area contributed by atoms with Crippen LogP contribution in [0.4, 0.5) is 0 Å². The van der Waals surface area contributed by atoms with E-state index in [4.69, 9.17) is 44.3 Å². The lowest BCUT2D eigenvalue weighted by molar-refractivity contribution is 1.66. The Kier molecular flexibility index (Phi) is 7.02. The van der Waals surface area contributed by atoms with Crippen molar-refractivity contribution in [1.82, 2.24) is 0 Å². The van der Waals surface area contributed by atoms with Gasteiger partial charge in [-0.3, -0.25) is 0 Å². The second kappa shape index (κ2) is 8.56. The molecule has 0 radical (unpaired) electrons. The Labute approximate surface area is 158 Å². The molecule has 0 aliphatic heterocycles. The summed E-state index contributed by atoms with van der Waals surface area (Å²) in [6.45, 7) is -5.30. The second-order valence-corrected chi connectivity index (χ2v) is 19.6. The minimum atomic E-state index is -2.65. The van der Waals surface area contributed by atoms with Gasteiger partial charge in [-0.15, -0.1) is 44.3 Å². The summed E-state index contributed by atoms with van der Waals surface area (Å²) in [4.78, 5) is 0. The summed E-state index contributed by atoms with van der Waals surface area (Å²) in [5.74, 6) is 0. The molecule has 0 bridgehead atoms. The second-order valence-electron chi connectivity index (χ2n) is 5.19. The molecule has 120 valence electrons. The van der Waals surface area contributed by atoms with E-state index in [1.54, 1.807) is 0 Å². The predicted octanol–water partition coefficient (Wildman–Crippen LogP) is 6.87. The lowest BCUT2D eigenvalue weighted by Gasteiger charge is -2.18. The molecule has 0 spiro atoms. The van der Waals surface area contributed by atoms with Gasteiger partial charge in [-0.2, -0.15) is 0 Å². The summed E-state index contributed by atoms with van der Waals surface area (Å²) in [7, 11) is 0. The Hall–Kier alpha value is -0.486. The standard InChI is InChI=1S/C17H16Cl4Si2/c18-22(19,13-11-16-7-3-1-4-8-16)15-23(20,21)14-12-17-9-5-2-6-10-17/h1-14H,15H2. The number of halogens is 4. The molecule has 0 N–H and O–H groups in total. The van der Waals surface area contributed by atoms with Crippen molar-refractivity contribution in [3.63, 3.8) is 0 Å². The molecule has 23 heavy (non-hydrogen) atoms. The highest BCUT2D eigenvalue weighted by atomic mass is 35.7. The van der Waals surface area contributed by atoms with Crippen molar-refractivity contribution in [2.75, 3.05) is 0 Å². The molecule has 2 aromatic rings. The van der Waals surface area contributed by atoms with Crippen molar-refractivity contribution in [2.45, 2.75) is 5.67 Å². The van der Waals surface area contributed by atoms with Gasteiger partial charge in [0.25, 0.3) is 13.4 Å². The molecular formula is C17H16Cl4Si2. The first-order chi connectivity index (χ1) is 10.9. The molecule has 2 rings (SSSR count). The molecule has 0 aliphatic carbocycles. The van der Waals surface area contributed by atoms with Crippen LogP contribution in [0.5, 0.6) is 0 Å². The van der Waals surface area contributed by atoms with E-state index < -0.39 is 13.4 Å². The largest absolute Gasteiger partial charge is 0.274 e. The molecule has 0 atom stereocenters. The van der Waals surface area contributed by atoms with Gasteiger partial charge in [0, 0.05) is 0 Å². The molecule has 2 aromatic carbocycles. The smallest absolute Gasteiger partial charge is 0.141 e. The third-order valence-electron chi connectivity index (χ3n) is 3.11. The van der Waals surface area contributed by atoms with Crippen LogP contribution in [0.3, 0.4) is 0 Å². The van der Waals surface area contributed by atoms with Gasteiger partial charge in [-0.05, 0) is 16.8 Å². The zero-order valence-corrected chi connectivity index (χ0v) is 17.3. The Morgan fingerprint density at radius 1 is 0.609 bits per heavy atom. The lowest BCUT2D eigenvalue weighted by Crippen LogP contribution is -2.30. The van der Waals surface area contributed by atoms with E-state index in [0.717, 1.165) is 11.1 Å². The van der Waals surface area contributed by atoms with Crippen LogP contribution < -0.4 is 0 Å². The van der Waals surface area contributed by atoms with Crippen molar-refractivity contribution in [3.05, 3.63) is 83.2 Å². The SMILES string of the molecule is Cl[Si](Cl)(C=Cc1ccccc1)C[Si](Cl)(Cl)C=Cc1ccccc1. The fraction of sp³-hybridized carbons (Fsp3) is 0.0588. The van der Waals surface area contributed by atoms with Crippen LogP contribution in [-0.2, 0) is 0 Å². The Morgan fingerprint density at radius 3 is 1.30 bits per heavy atom. The number of hydrogen-bond acceptors (Lipinski definition) is 0. The van der Waals surface area contributed by atoms with Crippen molar-refractivity contribution in [3.8, 4) is 0 Å². The van der Waals surface area contributed by atoms with Gasteiger partial charge in [0.2, 0.25) is 0 Å². The molecule has 0 saturated heterocycles. The van der Waals surface area contributed by atoms with Crippen LogP contribution in [0.2, 0.25) is 5.67 Å². The summed E-state index contributed by atoms with van der Waals surface area (Å²) < 4.78 is 0. The van der Waals surface area contributed by atoms with E-state index in [-0.39, 0.29) is 0 Å². The summed E-state index contributed by atoms with van der Waals surface area (Å²) in [6, 6.07) is 19.8. The van der Waals surface area contributed by atoms with E-state index in [1.165, 1.54) is 0 Å². The molecule has 0 amide bonds. The fourth-order valence-electron chi connectivity index (χ4n) is 2.00. The highest BCUT2D eigenvalue weighted by Crippen LogP contribution is 2.34. The van der Waals surface area contributed by atoms with Crippen LogP contribution in [0.15, 0.2) is 72.1 Å². The third-order valence-corrected chi connectivity index (χ3v) is 14.5. The highest BCUT2D eigenvalue weighted by molar-refractivity contribution is 7.58. The molecule has 6 heteroatoms. The maximum atomic E-state index is 6.50. The van der Waals surface area contributed by atoms with Crippen LogP contribution in [0.1, 0.15) is 11.1 Å². The quantitative estimate of drug-likeness (QED) is 0.355. The molecule has 0 heterocycles. The van der Waals surface area contributed by atoms with Crippen LogP contribution >= 0.6 is 44.3 Å². The van der Waals surface area contributed by atoms with E-state index in [9.17, 15) is 0 Å². The first-order valence-electron chi connectivity index (χ1n) is 7.11. The van der Waals surface area contributed by atoms with E-state index >= 15 is 0 Å². The van der Waals surface area contributed by atoms with E-state index in [0.29, 0.717) is 5.67 Å². The topological polar surface area (TPSA) is 0 Å². The molecule has 0 aromatic heterocycles. The van der Waals surface area contributed by atoms with Crippen molar-refractivity contribution >= 4 is 69.9 Å². The molecule has 0 unspecified atom stereocenters. The normalized spacial score (nSPS) is 13.0. The summed E-state index contributed by atoms with van der Waals surface area (Å²) >= 11 is 26.0. The molecule has 0 nitrogen and oxygen atoms in total. The zero-order chi connectivity index (χ0) is 16.8. The van der Waals surface area contributed by atoms with Crippen molar-refractivity contribution < 1.29 is 0 Å². The van der Waals surface area contributed by atoms with E-state index in [2.05, 4.69) is 0 Å². The van der Waals surface area contributed by atoms with Gasteiger partial charge < -0.3 is 0 Å². The lowest BCUT2D eigenvalue weighted by atomic mass is 10.2. The maximum absolute atomic E-state index is 6.50. The van der Waals surface area contributed by atoms with Gasteiger partial charge in [0.05, 0.1) is 0 Å². The van der Waals surface area contributed by atoms with E-state index in [1.807, 2.05) is 84.2 Å². The molecular weight excluding hydrogens is 402 g/mol. The summed E-state index contributed by atoms with van der Waals surface area (Å²) in [5.41, 5.74) is 6.30. The summed E-state index contributed by atoms with van der Waals surface area (Å²) in [6.07, 6.45) is 3.87. The van der Waals surface area contributed by atoms with Crippen LogP contribution in [0.25, 0.3) is 12.2 Å². The monoisotopic (exact) mass is 416 g/mol. The van der Waals surface area contributed by atoms with Gasteiger partial charge >= 0.3 is 0 Å². The number of rotatable bonds is 6. The first kappa shape index (κ1) is 18.8. The van der Waals surface area contributed by atoms with Crippen molar-refractivity contribution in [2.24, 2.45) is 0 Å². The molecule has 0 fully saturated rings. The highest BCUT2D eigenvalue weighted by Gasteiger charge is 2.38. The van der Waals surface area contributed by atoms with Crippen LogP contribution in [-0.4, -0.2) is 13.4 Å². The predicted molar refractivity (Wildman–Crippen MR) is 111 cm³/mol. The average Bonchev–Trinajstić information content (AvgIpc) is 2.52. The first-order valence-corrected chi connectivity index (χ1v) is 15.7. The van der Waals surface area contributed by atoms with Crippen LogP contribution in [0, 0.1) is 0 Å². The maximum Gasteiger partial charge on any atom is 0.274 e. The van der Waals surface area contributed by atoms with Gasteiger partial charge in [-0.1, -0.05) is 84.2 Å². The number of hydrogen-bond donors (Lipinski definition) is 0. The average molecular weight is 418 g/mol. The number of benzene rings is 2. The third kappa shape index (κ3) is 7.29.